The summed E-state index contributed by atoms with van der Waals surface area (Å²) in [7, 11) is 0. The lowest BCUT2D eigenvalue weighted by atomic mass is 9.79. The van der Waals surface area contributed by atoms with Gasteiger partial charge in [-0.1, -0.05) is 78.4 Å². The van der Waals surface area contributed by atoms with Gasteiger partial charge in [-0.2, -0.15) is 0 Å². The third-order valence-electron chi connectivity index (χ3n) is 6.69. The van der Waals surface area contributed by atoms with Crippen molar-refractivity contribution in [1.29, 1.82) is 0 Å². The van der Waals surface area contributed by atoms with Gasteiger partial charge >= 0.3 is 0 Å². The smallest absolute Gasteiger partial charge is 0.254 e. The van der Waals surface area contributed by atoms with Gasteiger partial charge in [-0.15, -0.1) is 0 Å². The maximum atomic E-state index is 13.8. The van der Waals surface area contributed by atoms with Crippen molar-refractivity contribution in [1.82, 2.24) is 5.32 Å². The summed E-state index contributed by atoms with van der Waals surface area (Å²) < 4.78 is 0. The highest BCUT2D eigenvalue weighted by atomic mass is 16.2. The Morgan fingerprint density at radius 3 is 1.57 bits per heavy atom. The highest BCUT2D eigenvalue weighted by Crippen LogP contribution is 2.37. The van der Waals surface area contributed by atoms with E-state index in [1.54, 1.807) is 0 Å². The number of allylic oxidation sites excluding steroid dienone is 3. The fraction of sp³-hybridized carbons (Fsp3) is 0.188. The predicted molar refractivity (Wildman–Crippen MR) is 152 cm³/mol. The number of aryl methyl sites for hydroxylation is 2. The minimum atomic E-state index is -0.533. The van der Waals surface area contributed by atoms with Gasteiger partial charge in [0.2, 0.25) is 0 Å². The molecule has 2 amide bonds. The van der Waals surface area contributed by atoms with Gasteiger partial charge in [0.25, 0.3) is 11.8 Å². The summed E-state index contributed by atoms with van der Waals surface area (Å²) in [6, 6.07) is 25.3. The number of dihydropyridines is 1. The van der Waals surface area contributed by atoms with Crippen molar-refractivity contribution < 1.29 is 9.59 Å². The number of para-hydroxylation sites is 2. The van der Waals surface area contributed by atoms with E-state index >= 15 is 0 Å². The predicted octanol–water partition coefficient (Wildman–Crippen LogP) is 6.75. The molecular weight excluding hydrogens is 458 g/mol. The highest BCUT2D eigenvalue weighted by Gasteiger charge is 2.36. The van der Waals surface area contributed by atoms with Crippen molar-refractivity contribution in [2.24, 2.45) is 5.92 Å². The van der Waals surface area contributed by atoms with Gasteiger partial charge in [-0.25, -0.2) is 0 Å². The monoisotopic (exact) mass is 491 g/mol. The Kier molecular flexibility index (Phi) is 7.73. The molecular formula is C32H33N3O2. The van der Waals surface area contributed by atoms with Crippen LogP contribution in [0.15, 0.2) is 107 Å². The van der Waals surface area contributed by atoms with Crippen LogP contribution in [-0.2, 0) is 9.59 Å². The molecule has 0 aromatic heterocycles. The van der Waals surface area contributed by atoms with Crippen LogP contribution >= 0.6 is 0 Å². The Morgan fingerprint density at radius 1 is 0.676 bits per heavy atom. The molecule has 4 rings (SSSR count). The zero-order valence-corrected chi connectivity index (χ0v) is 22.0. The van der Waals surface area contributed by atoms with Crippen molar-refractivity contribution in [3.8, 4) is 0 Å². The summed E-state index contributed by atoms with van der Waals surface area (Å²) in [5, 5.41) is 9.45. The molecule has 0 saturated carbocycles. The van der Waals surface area contributed by atoms with Crippen molar-refractivity contribution in [3.63, 3.8) is 0 Å². The zero-order valence-electron chi connectivity index (χ0n) is 22.0. The lowest BCUT2D eigenvalue weighted by Crippen LogP contribution is -2.36. The number of hydrogen-bond acceptors (Lipinski definition) is 3. The number of rotatable bonds is 6. The summed E-state index contributed by atoms with van der Waals surface area (Å²) in [6.45, 7) is 9.66. The average molecular weight is 492 g/mol. The van der Waals surface area contributed by atoms with Crippen LogP contribution < -0.4 is 16.0 Å². The lowest BCUT2D eigenvalue weighted by Gasteiger charge is -2.32. The van der Waals surface area contributed by atoms with Crippen LogP contribution in [0.5, 0.6) is 0 Å². The molecule has 188 valence electrons. The summed E-state index contributed by atoms with van der Waals surface area (Å²) in [6.07, 6.45) is 2.04. The van der Waals surface area contributed by atoms with Gasteiger partial charge in [0.1, 0.15) is 0 Å². The third-order valence-corrected chi connectivity index (χ3v) is 6.69. The lowest BCUT2D eigenvalue weighted by molar-refractivity contribution is -0.113. The second kappa shape index (κ2) is 11.1. The molecule has 0 atom stereocenters. The molecule has 0 radical (unpaired) electrons. The first-order valence-corrected chi connectivity index (χ1v) is 12.4. The van der Waals surface area contributed by atoms with E-state index in [4.69, 9.17) is 0 Å². The fourth-order valence-corrected chi connectivity index (χ4v) is 4.75. The molecule has 0 bridgehead atoms. The largest absolute Gasteiger partial charge is 0.362 e. The first-order chi connectivity index (χ1) is 17.8. The van der Waals surface area contributed by atoms with Crippen molar-refractivity contribution in [2.75, 3.05) is 10.6 Å². The van der Waals surface area contributed by atoms with Gasteiger partial charge < -0.3 is 16.0 Å². The molecule has 3 N–H and O–H groups in total. The van der Waals surface area contributed by atoms with E-state index in [-0.39, 0.29) is 11.8 Å². The minimum absolute atomic E-state index is 0.237. The van der Waals surface area contributed by atoms with Crippen LogP contribution in [0.2, 0.25) is 0 Å². The molecule has 1 heterocycles. The maximum Gasteiger partial charge on any atom is 0.254 e. The summed E-state index contributed by atoms with van der Waals surface area (Å²) in [4.78, 5) is 27.6. The molecule has 1 aliphatic heterocycles. The Hall–Kier alpha value is -4.38. The number of benzene rings is 3. The second-order valence-electron chi connectivity index (χ2n) is 9.47. The first-order valence-electron chi connectivity index (χ1n) is 12.4. The van der Waals surface area contributed by atoms with Gasteiger partial charge in [0, 0.05) is 39.8 Å². The SMILES string of the molecule is CC(=Cc1ccccc1)C1C(C(=O)Nc2ccccc2C)=C(C)NC(C)=C1C(=O)Nc1ccccc1C. The topological polar surface area (TPSA) is 70.2 Å². The molecule has 5 heteroatoms. The van der Waals surface area contributed by atoms with Gasteiger partial charge in [-0.05, 0) is 63.4 Å². The molecule has 3 aromatic rings. The number of carbonyl (C=O) groups excluding carboxylic acids is 2. The molecule has 1 aliphatic rings. The number of anilines is 2. The van der Waals surface area contributed by atoms with E-state index in [1.165, 1.54) is 0 Å². The van der Waals surface area contributed by atoms with Crippen LogP contribution in [0, 0.1) is 19.8 Å². The van der Waals surface area contributed by atoms with E-state index in [0.29, 0.717) is 11.1 Å². The Morgan fingerprint density at radius 2 is 1.11 bits per heavy atom. The Balaban J connectivity index is 1.78. The number of hydrogen-bond donors (Lipinski definition) is 3. The van der Waals surface area contributed by atoms with E-state index in [1.807, 2.05) is 120 Å². The molecule has 0 fully saturated rings. The van der Waals surface area contributed by atoms with Crippen LogP contribution in [0.1, 0.15) is 37.5 Å². The molecule has 5 nitrogen and oxygen atoms in total. The number of nitrogens with one attached hydrogen (secondary N) is 3. The molecule has 0 saturated heterocycles. The second-order valence-corrected chi connectivity index (χ2v) is 9.47. The number of amides is 2. The molecule has 0 aliphatic carbocycles. The average Bonchev–Trinajstić information content (AvgIpc) is 2.86. The van der Waals surface area contributed by atoms with E-state index in [2.05, 4.69) is 16.0 Å². The highest BCUT2D eigenvalue weighted by molar-refractivity contribution is 6.11. The number of carbonyl (C=O) groups is 2. The van der Waals surface area contributed by atoms with Crippen molar-refractivity contribution >= 4 is 29.3 Å². The quantitative estimate of drug-likeness (QED) is 0.357. The first kappa shape index (κ1) is 25.7. The van der Waals surface area contributed by atoms with Gasteiger partial charge in [0.15, 0.2) is 0 Å². The van der Waals surface area contributed by atoms with Gasteiger partial charge in [0.05, 0.1) is 0 Å². The molecule has 0 spiro atoms. The van der Waals surface area contributed by atoms with E-state index < -0.39 is 5.92 Å². The molecule has 0 unspecified atom stereocenters. The van der Waals surface area contributed by atoms with Crippen LogP contribution in [0.4, 0.5) is 11.4 Å². The standard InChI is InChI=1S/C32H33N3O2/c1-20-13-9-11-17-26(20)34-31(36)29-23(4)33-24(5)30(32(37)35-27-18-12-10-14-21(27)2)28(29)22(3)19-25-15-7-6-8-16-25/h6-19,28,33H,1-5H3,(H,34,36)(H,35,37). The zero-order chi connectivity index (χ0) is 26.5. The van der Waals surface area contributed by atoms with Crippen LogP contribution in [0.25, 0.3) is 6.08 Å². The van der Waals surface area contributed by atoms with Gasteiger partial charge in [-0.3, -0.25) is 9.59 Å². The maximum absolute atomic E-state index is 13.8. The van der Waals surface area contributed by atoms with Crippen LogP contribution in [-0.4, -0.2) is 11.8 Å². The summed E-state index contributed by atoms with van der Waals surface area (Å²) in [5.74, 6) is -1.01. The third kappa shape index (κ3) is 5.72. The Labute approximate surface area is 219 Å². The van der Waals surface area contributed by atoms with E-state index in [9.17, 15) is 9.59 Å². The Bertz CT molecular complexity index is 1350. The molecule has 3 aromatic carbocycles. The normalized spacial score (nSPS) is 14.4. The molecule has 37 heavy (non-hydrogen) atoms. The van der Waals surface area contributed by atoms with Crippen molar-refractivity contribution in [3.05, 3.63) is 124 Å². The van der Waals surface area contributed by atoms with Crippen LogP contribution in [0.3, 0.4) is 0 Å². The summed E-state index contributed by atoms with van der Waals surface area (Å²) >= 11 is 0. The minimum Gasteiger partial charge on any atom is -0.362 e. The fourth-order valence-electron chi connectivity index (χ4n) is 4.75. The summed E-state index contributed by atoms with van der Waals surface area (Å²) in [5.41, 5.74) is 7.82. The van der Waals surface area contributed by atoms with Crippen molar-refractivity contribution in [2.45, 2.75) is 34.6 Å². The van der Waals surface area contributed by atoms with E-state index in [0.717, 1.165) is 45.0 Å².